The second kappa shape index (κ2) is 5.69. The lowest BCUT2D eigenvalue weighted by Gasteiger charge is -2.15. The number of nitrogens with zero attached hydrogens (tertiary/aromatic N) is 2. The van der Waals surface area contributed by atoms with Gasteiger partial charge in [-0.05, 0) is 37.5 Å². The van der Waals surface area contributed by atoms with Crippen LogP contribution in [0.4, 0.5) is 0 Å². The smallest absolute Gasteiger partial charge is 0.174 e. The zero-order valence-electron chi connectivity index (χ0n) is 10.5. The molecule has 4 nitrogen and oxygen atoms in total. The first-order chi connectivity index (χ1) is 8.61. The third-order valence-corrected chi connectivity index (χ3v) is 4.33. The van der Waals surface area contributed by atoms with Gasteiger partial charge in [-0.1, -0.05) is 17.8 Å². The summed E-state index contributed by atoms with van der Waals surface area (Å²) in [5.74, 6) is 1.61. The molecule has 6 heteroatoms. The van der Waals surface area contributed by atoms with Crippen LogP contribution in [0, 0.1) is 6.92 Å². The van der Waals surface area contributed by atoms with Crippen LogP contribution in [-0.4, -0.2) is 16.5 Å². The molecule has 2 rings (SSSR count). The lowest BCUT2D eigenvalue weighted by molar-refractivity contribution is 0.405. The molecule has 0 spiro atoms. The van der Waals surface area contributed by atoms with E-state index >= 15 is 0 Å². The largest absolute Gasteiger partial charge is 0.496 e. The molecule has 0 aliphatic rings. The molecule has 0 unspecified atom stereocenters. The van der Waals surface area contributed by atoms with Crippen molar-refractivity contribution in [1.29, 1.82) is 0 Å². The zero-order chi connectivity index (χ0) is 13.1. The molecule has 0 saturated heterocycles. The van der Waals surface area contributed by atoms with Crippen LogP contribution in [-0.2, 0) is 0 Å². The Labute approximate surface area is 115 Å². The number of aromatic nitrogens is 2. The molecule has 0 amide bonds. The van der Waals surface area contributed by atoms with Crippen molar-refractivity contribution in [3.8, 4) is 5.75 Å². The number of hydrogen-bond acceptors (Lipinski definition) is 6. The SMILES string of the molecule is COc1cccc(Sc2nc(C)ns2)c1[C@@H](C)N. The van der Waals surface area contributed by atoms with Crippen LogP contribution in [0.1, 0.15) is 24.4 Å². The summed E-state index contributed by atoms with van der Waals surface area (Å²) in [6.45, 7) is 3.84. The molecule has 1 atom stereocenters. The predicted octanol–water partition coefficient (Wildman–Crippen LogP) is 3.03. The second-order valence-electron chi connectivity index (χ2n) is 3.87. The molecule has 1 aromatic carbocycles. The average molecular weight is 281 g/mol. The van der Waals surface area contributed by atoms with Crippen molar-refractivity contribution in [3.63, 3.8) is 0 Å². The number of rotatable bonds is 4. The van der Waals surface area contributed by atoms with Gasteiger partial charge in [0.2, 0.25) is 0 Å². The Morgan fingerprint density at radius 2 is 2.22 bits per heavy atom. The van der Waals surface area contributed by atoms with Crippen molar-refractivity contribution in [2.75, 3.05) is 7.11 Å². The molecule has 0 saturated carbocycles. The fraction of sp³-hybridized carbons (Fsp3) is 0.333. The Kier molecular flexibility index (Phi) is 4.21. The van der Waals surface area contributed by atoms with Crippen LogP contribution in [0.3, 0.4) is 0 Å². The highest BCUT2D eigenvalue weighted by molar-refractivity contribution is 8.01. The number of methoxy groups -OCH3 is 1. The van der Waals surface area contributed by atoms with E-state index in [4.69, 9.17) is 10.5 Å². The van der Waals surface area contributed by atoms with Crippen LogP contribution in [0.25, 0.3) is 0 Å². The number of aryl methyl sites for hydroxylation is 1. The van der Waals surface area contributed by atoms with Crippen LogP contribution >= 0.6 is 23.3 Å². The molecule has 96 valence electrons. The minimum Gasteiger partial charge on any atom is -0.496 e. The number of hydrogen-bond donors (Lipinski definition) is 1. The first kappa shape index (κ1) is 13.3. The summed E-state index contributed by atoms with van der Waals surface area (Å²) < 4.78 is 10.5. The molecule has 0 aliphatic carbocycles. The van der Waals surface area contributed by atoms with Gasteiger partial charge in [0.15, 0.2) is 4.34 Å². The summed E-state index contributed by atoms with van der Waals surface area (Å²) in [5.41, 5.74) is 7.04. The summed E-state index contributed by atoms with van der Waals surface area (Å²) >= 11 is 2.98. The maximum Gasteiger partial charge on any atom is 0.174 e. The second-order valence-corrected chi connectivity index (χ2v) is 5.91. The van der Waals surface area contributed by atoms with Crippen LogP contribution < -0.4 is 10.5 Å². The normalized spacial score (nSPS) is 12.4. The third-order valence-electron chi connectivity index (χ3n) is 2.41. The van der Waals surface area contributed by atoms with Crippen molar-refractivity contribution in [3.05, 3.63) is 29.6 Å². The van der Waals surface area contributed by atoms with E-state index in [1.165, 1.54) is 11.5 Å². The summed E-state index contributed by atoms with van der Waals surface area (Å²) in [6, 6.07) is 5.83. The predicted molar refractivity (Wildman–Crippen MR) is 74.4 cm³/mol. The van der Waals surface area contributed by atoms with E-state index in [2.05, 4.69) is 9.36 Å². The Bertz CT molecular complexity index is 540. The van der Waals surface area contributed by atoms with Crippen molar-refractivity contribution in [1.82, 2.24) is 9.36 Å². The Hall–Kier alpha value is -1.11. The van der Waals surface area contributed by atoms with E-state index < -0.39 is 0 Å². The summed E-state index contributed by atoms with van der Waals surface area (Å²) in [7, 11) is 1.66. The van der Waals surface area contributed by atoms with Crippen molar-refractivity contribution in [2.45, 2.75) is 29.1 Å². The van der Waals surface area contributed by atoms with Gasteiger partial charge in [-0.2, -0.15) is 4.37 Å². The summed E-state index contributed by atoms with van der Waals surface area (Å²) in [6.07, 6.45) is 0. The first-order valence-electron chi connectivity index (χ1n) is 5.52. The molecule has 2 aromatic rings. The lowest BCUT2D eigenvalue weighted by atomic mass is 10.1. The molecular formula is C12H15N3OS2. The van der Waals surface area contributed by atoms with Gasteiger partial charge in [0.25, 0.3) is 0 Å². The maximum absolute atomic E-state index is 6.02. The average Bonchev–Trinajstić information content (AvgIpc) is 2.74. The molecule has 2 N–H and O–H groups in total. The molecular weight excluding hydrogens is 266 g/mol. The van der Waals surface area contributed by atoms with E-state index in [0.717, 1.165) is 26.4 Å². The van der Waals surface area contributed by atoms with E-state index in [-0.39, 0.29) is 6.04 Å². The fourth-order valence-corrected chi connectivity index (χ4v) is 3.52. The molecule has 0 aliphatic heterocycles. The van der Waals surface area contributed by atoms with E-state index in [1.54, 1.807) is 18.9 Å². The Morgan fingerprint density at radius 1 is 1.44 bits per heavy atom. The lowest BCUT2D eigenvalue weighted by Crippen LogP contribution is -2.08. The fourth-order valence-electron chi connectivity index (χ4n) is 1.65. The maximum atomic E-state index is 6.02. The van der Waals surface area contributed by atoms with Crippen LogP contribution in [0.5, 0.6) is 5.75 Å². The van der Waals surface area contributed by atoms with Gasteiger partial charge in [0, 0.05) is 16.5 Å². The van der Waals surface area contributed by atoms with Crippen molar-refractivity contribution < 1.29 is 4.74 Å². The van der Waals surface area contributed by atoms with Gasteiger partial charge >= 0.3 is 0 Å². The monoisotopic (exact) mass is 281 g/mol. The molecule has 0 fully saturated rings. The summed E-state index contributed by atoms with van der Waals surface area (Å²) in [5, 5.41) is 0. The number of nitrogens with two attached hydrogens (primary N) is 1. The van der Waals surface area contributed by atoms with Gasteiger partial charge in [-0.3, -0.25) is 0 Å². The number of benzene rings is 1. The Balaban J connectivity index is 2.37. The topological polar surface area (TPSA) is 61.0 Å². The minimum atomic E-state index is -0.0855. The van der Waals surface area contributed by atoms with Crippen LogP contribution in [0.2, 0.25) is 0 Å². The third kappa shape index (κ3) is 2.82. The van der Waals surface area contributed by atoms with Gasteiger partial charge < -0.3 is 10.5 Å². The van der Waals surface area contributed by atoms with Crippen molar-refractivity contribution in [2.24, 2.45) is 5.73 Å². The molecule has 0 bridgehead atoms. The molecule has 0 radical (unpaired) electrons. The van der Waals surface area contributed by atoms with Gasteiger partial charge in [-0.15, -0.1) is 0 Å². The zero-order valence-corrected chi connectivity index (χ0v) is 12.1. The highest BCUT2D eigenvalue weighted by Gasteiger charge is 2.15. The molecule has 1 aromatic heterocycles. The standard InChI is InChI=1S/C12H15N3OS2/c1-7(13)11-9(16-3)5-4-6-10(11)17-12-14-8(2)15-18-12/h4-7H,13H2,1-3H3/t7-/m1/s1. The summed E-state index contributed by atoms with van der Waals surface area (Å²) in [4.78, 5) is 5.42. The molecule has 18 heavy (non-hydrogen) atoms. The Morgan fingerprint density at radius 3 is 2.78 bits per heavy atom. The van der Waals surface area contributed by atoms with Gasteiger partial charge in [0.05, 0.1) is 7.11 Å². The van der Waals surface area contributed by atoms with Gasteiger partial charge in [0.1, 0.15) is 11.6 Å². The van der Waals surface area contributed by atoms with Gasteiger partial charge in [-0.25, -0.2) is 4.98 Å². The van der Waals surface area contributed by atoms with Crippen molar-refractivity contribution >= 4 is 23.3 Å². The highest BCUT2D eigenvalue weighted by atomic mass is 32.2. The van der Waals surface area contributed by atoms with E-state index in [9.17, 15) is 0 Å². The quantitative estimate of drug-likeness (QED) is 0.933. The van der Waals surface area contributed by atoms with E-state index in [0.29, 0.717) is 0 Å². The van der Waals surface area contributed by atoms with Crippen LogP contribution in [0.15, 0.2) is 27.4 Å². The number of ether oxygens (including phenoxy) is 1. The molecule has 1 heterocycles. The minimum absolute atomic E-state index is 0.0855. The first-order valence-corrected chi connectivity index (χ1v) is 7.11. The van der Waals surface area contributed by atoms with E-state index in [1.807, 2.05) is 32.0 Å². The highest BCUT2D eigenvalue weighted by Crippen LogP contribution is 2.38.